The van der Waals surface area contributed by atoms with Crippen molar-refractivity contribution in [2.45, 2.75) is 12.2 Å². The van der Waals surface area contributed by atoms with E-state index in [0.29, 0.717) is 0 Å². The topological polar surface area (TPSA) is 61.6 Å². The van der Waals surface area contributed by atoms with Gasteiger partial charge in [-0.25, -0.2) is 0 Å². The van der Waals surface area contributed by atoms with Gasteiger partial charge in [0, 0.05) is 14.2 Å². The van der Waals surface area contributed by atoms with Crippen molar-refractivity contribution in [1.29, 1.82) is 0 Å². The minimum atomic E-state index is -3.34. The van der Waals surface area contributed by atoms with E-state index in [0.717, 1.165) is 11.0 Å². The number of rotatable bonds is 4. The smallest absolute Gasteiger partial charge is 0.312 e. The maximum absolute atomic E-state index is 12.3. The summed E-state index contributed by atoms with van der Waals surface area (Å²) in [5, 5.41) is -1.15. The summed E-state index contributed by atoms with van der Waals surface area (Å²) in [5.74, 6) is 0. The normalized spacial score (nSPS) is 15.8. The lowest BCUT2D eigenvalue weighted by molar-refractivity contribution is 0.249. The Hall–Kier alpha value is -0.605. The molecule has 0 radical (unpaired) electrons. The van der Waals surface area contributed by atoms with Crippen molar-refractivity contribution in [1.82, 2.24) is 0 Å². The molecular weight excluding hydrogens is 224 g/mol. The van der Waals surface area contributed by atoms with Crippen LogP contribution >= 0.6 is 7.60 Å². The number of hydrogen-bond acceptors (Lipinski definition) is 4. The van der Waals surface area contributed by atoms with Gasteiger partial charge in [-0.2, -0.15) is 0 Å². The van der Waals surface area contributed by atoms with Crippen LogP contribution in [0, 0.1) is 0 Å². The summed E-state index contributed by atoms with van der Waals surface area (Å²) in [6, 6.07) is 7.49. The Morgan fingerprint density at radius 1 is 1.25 bits per heavy atom. The van der Waals surface area contributed by atoms with E-state index >= 15 is 0 Å². The first kappa shape index (κ1) is 13.5. The summed E-state index contributed by atoms with van der Waals surface area (Å²) in [5.41, 5.74) is 7.92. The number of nitrogens with two attached hydrogens (primary N) is 1. The summed E-state index contributed by atoms with van der Waals surface area (Å²) >= 11 is 0. The molecule has 1 aromatic carbocycles. The second-order valence-corrected chi connectivity index (χ2v) is 6.53. The molecule has 0 saturated heterocycles. The van der Waals surface area contributed by atoms with E-state index in [1.807, 2.05) is 32.1 Å². The average Bonchev–Trinajstić information content (AvgIpc) is 2.28. The fourth-order valence-corrected chi connectivity index (χ4v) is 2.88. The maximum Gasteiger partial charge on any atom is 0.354 e. The zero-order chi connectivity index (χ0) is 12.4. The molecule has 0 aromatic heterocycles. The van der Waals surface area contributed by atoms with E-state index in [1.54, 1.807) is 6.92 Å². The van der Waals surface area contributed by atoms with Gasteiger partial charge in [0.05, 0.1) is 0 Å². The Morgan fingerprint density at radius 2 is 1.69 bits per heavy atom. The molecule has 16 heavy (non-hydrogen) atoms. The summed E-state index contributed by atoms with van der Waals surface area (Å²) < 4.78 is 22.2. The molecule has 1 aromatic rings. The van der Waals surface area contributed by atoms with Crippen LogP contribution in [0.4, 0.5) is 0 Å². The van der Waals surface area contributed by atoms with Crippen LogP contribution in [0.5, 0.6) is 0 Å². The summed E-state index contributed by atoms with van der Waals surface area (Å²) in [7, 11) is 1.31. The molecular formula is C10H17BNO3P. The zero-order valence-corrected chi connectivity index (χ0v) is 11.0. The molecule has 0 aliphatic carbocycles. The molecule has 0 heterocycles. The van der Waals surface area contributed by atoms with E-state index in [2.05, 4.69) is 0 Å². The largest absolute Gasteiger partial charge is 0.354 e. The molecule has 0 amide bonds. The Labute approximate surface area is 97.1 Å². The molecule has 4 nitrogen and oxygen atoms in total. The van der Waals surface area contributed by atoms with Gasteiger partial charge < -0.3 is 14.8 Å². The van der Waals surface area contributed by atoms with Crippen molar-refractivity contribution in [3.63, 3.8) is 0 Å². The average molecular weight is 241 g/mol. The molecule has 0 aliphatic heterocycles. The van der Waals surface area contributed by atoms with Gasteiger partial charge in [0.15, 0.2) is 0 Å². The van der Waals surface area contributed by atoms with E-state index in [9.17, 15) is 4.57 Å². The van der Waals surface area contributed by atoms with Gasteiger partial charge in [0.25, 0.3) is 0 Å². The molecule has 1 rings (SSSR count). The van der Waals surface area contributed by atoms with Crippen LogP contribution in [0.1, 0.15) is 12.5 Å². The third-order valence-electron chi connectivity index (χ3n) is 2.69. The van der Waals surface area contributed by atoms with Crippen LogP contribution in [0.2, 0.25) is 0 Å². The second kappa shape index (κ2) is 4.72. The first-order chi connectivity index (χ1) is 7.37. The van der Waals surface area contributed by atoms with Crippen molar-refractivity contribution in [3.05, 3.63) is 29.8 Å². The highest BCUT2D eigenvalue weighted by atomic mass is 31.2. The number of benzene rings is 1. The molecule has 1 atom stereocenters. The van der Waals surface area contributed by atoms with Crippen LogP contribution in [0.25, 0.3) is 0 Å². The van der Waals surface area contributed by atoms with Crippen molar-refractivity contribution >= 4 is 20.9 Å². The monoisotopic (exact) mass is 241 g/mol. The fourth-order valence-electron chi connectivity index (χ4n) is 1.50. The van der Waals surface area contributed by atoms with Crippen molar-refractivity contribution in [2.24, 2.45) is 5.73 Å². The quantitative estimate of drug-likeness (QED) is 0.618. The molecule has 88 valence electrons. The van der Waals surface area contributed by atoms with Gasteiger partial charge in [-0.05, 0) is 12.5 Å². The highest BCUT2D eigenvalue weighted by Gasteiger charge is 2.44. The van der Waals surface area contributed by atoms with E-state index in [-0.39, 0.29) is 0 Å². The standard InChI is InChI=1S/C10H17BNO3P/c1-10(12,16(13,14-2)15-3)8-4-6-9(11)7-5-8/h4-7H,11-12H2,1-3H3. The first-order valence-corrected chi connectivity index (χ1v) is 6.49. The molecule has 0 spiro atoms. The van der Waals surface area contributed by atoms with E-state index in [1.165, 1.54) is 14.2 Å². The van der Waals surface area contributed by atoms with E-state index in [4.69, 9.17) is 14.8 Å². The summed E-state index contributed by atoms with van der Waals surface area (Å²) in [6.45, 7) is 1.64. The Balaban J connectivity index is 3.19. The maximum atomic E-state index is 12.3. The molecule has 1 unspecified atom stereocenters. The van der Waals surface area contributed by atoms with Crippen molar-refractivity contribution in [2.75, 3.05) is 14.2 Å². The highest BCUT2D eigenvalue weighted by Crippen LogP contribution is 2.60. The predicted octanol–water partition coefficient (Wildman–Crippen LogP) is 0.562. The van der Waals surface area contributed by atoms with Crippen LogP contribution < -0.4 is 11.2 Å². The SMILES string of the molecule is Bc1ccc(C(C)(N)P(=O)(OC)OC)cc1. The van der Waals surface area contributed by atoms with Gasteiger partial charge in [-0.3, -0.25) is 4.57 Å². The predicted molar refractivity (Wildman–Crippen MR) is 67.8 cm³/mol. The van der Waals surface area contributed by atoms with E-state index < -0.39 is 12.9 Å². The third kappa shape index (κ3) is 2.23. The lowest BCUT2D eigenvalue weighted by atomic mass is 9.94. The van der Waals surface area contributed by atoms with Crippen molar-refractivity contribution in [3.8, 4) is 0 Å². The van der Waals surface area contributed by atoms with Gasteiger partial charge in [-0.15, -0.1) is 0 Å². The van der Waals surface area contributed by atoms with Gasteiger partial charge in [-0.1, -0.05) is 29.7 Å². The highest BCUT2D eigenvalue weighted by molar-refractivity contribution is 7.55. The first-order valence-electron chi connectivity index (χ1n) is 4.95. The van der Waals surface area contributed by atoms with Crippen LogP contribution in [-0.2, 0) is 18.9 Å². The third-order valence-corrected chi connectivity index (χ3v) is 5.04. The molecule has 0 bridgehead atoms. The molecule has 0 saturated carbocycles. The van der Waals surface area contributed by atoms with Gasteiger partial charge >= 0.3 is 7.60 Å². The summed E-state index contributed by atoms with van der Waals surface area (Å²) in [6.07, 6.45) is 0. The number of hydrogen-bond donors (Lipinski definition) is 1. The second-order valence-electron chi connectivity index (χ2n) is 3.88. The molecule has 0 aliphatic rings. The fraction of sp³-hybridized carbons (Fsp3) is 0.400. The lowest BCUT2D eigenvalue weighted by Gasteiger charge is -2.31. The van der Waals surface area contributed by atoms with Crippen LogP contribution in [0.15, 0.2) is 24.3 Å². The minimum Gasteiger partial charge on any atom is -0.312 e. The molecule has 0 fully saturated rings. The van der Waals surface area contributed by atoms with Crippen LogP contribution in [-0.4, -0.2) is 22.1 Å². The summed E-state index contributed by atoms with van der Waals surface area (Å²) in [4.78, 5) is 0. The van der Waals surface area contributed by atoms with Crippen molar-refractivity contribution < 1.29 is 13.6 Å². The Kier molecular flexibility index (Phi) is 3.97. The van der Waals surface area contributed by atoms with Gasteiger partial charge in [0.2, 0.25) is 0 Å². The molecule has 6 heteroatoms. The Morgan fingerprint density at radius 3 is 2.06 bits per heavy atom. The minimum absolute atomic E-state index is 0.727. The Bertz CT molecular complexity index is 397. The van der Waals surface area contributed by atoms with Crippen LogP contribution in [0.3, 0.4) is 0 Å². The molecule has 2 N–H and O–H groups in total. The van der Waals surface area contributed by atoms with Gasteiger partial charge in [0.1, 0.15) is 13.1 Å². The lowest BCUT2D eigenvalue weighted by Crippen LogP contribution is -2.34. The zero-order valence-electron chi connectivity index (χ0n) is 10.1.